The Kier molecular flexibility index (Phi) is 4.12. The molecule has 0 heterocycles. The van der Waals surface area contributed by atoms with Crippen LogP contribution in [0.1, 0.15) is 48.4 Å². The van der Waals surface area contributed by atoms with Gasteiger partial charge >= 0.3 is 0 Å². The zero-order valence-corrected chi connectivity index (χ0v) is 16.0. The van der Waals surface area contributed by atoms with Crippen LogP contribution in [0.3, 0.4) is 0 Å². The van der Waals surface area contributed by atoms with Crippen LogP contribution in [0, 0.1) is 0 Å². The average Bonchev–Trinajstić information content (AvgIpc) is 2.72. The zero-order chi connectivity index (χ0) is 19.1. The highest BCUT2D eigenvalue weighted by molar-refractivity contribution is 5.86. The maximum atomic E-state index is 11.8. The molecule has 1 amide bonds. The highest BCUT2D eigenvalue weighted by Gasteiger charge is 2.29. The number of hydrogen-bond acceptors (Lipinski definition) is 1. The van der Waals surface area contributed by atoms with Crippen molar-refractivity contribution in [1.82, 2.24) is 5.32 Å². The molecule has 4 aromatic rings. The zero-order valence-electron chi connectivity index (χ0n) is 16.0. The fraction of sp³-hybridized carbons (Fsp3) is 0.192. The summed E-state index contributed by atoms with van der Waals surface area (Å²) in [6.07, 6.45) is 2.00. The highest BCUT2D eigenvalue weighted by atomic mass is 16.1. The molecular formula is C26H23NO. The topological polar surface area (TPSA) is 29.1 Å². The van der Waals surface area contributed by atoms with Crippen LogP contribution < -0.4 is 5.32 Å². The van der Waals surface area contributed by atoms with Gasteiger partial charge in [0.15, 0.2) is 0 Å². The molecule has 0 spiro atoms. The average molecular weight is 365 g/mol. The number of carbonyl (C=O) groups is 1. The normalized spacial score (nSPS) is 18.8. The van der Waals surface area contributed by atoms with Crippen molar-refractivity contribution in [2.75, 3.05) is 0 Å². The summed E-state index contributed by atoms with van der Waals surface area (Å²) in [6, 6.07) is 28.5. The third-order valence-corrected chi connectivity index (χ3v) is 6.00. The van der Waals surface area contributed by atoms with Crippen LogP contribution in [0.4, 0.5) is 0 Å². The third-order valence-electron chi connectivity index (χ3n) is 6.00. The van der Waals surface area contributed by atoms with Crippen LogP contribution in [-0.2, 0) is 4.79 Å². The second-order valence-corrected chi connectivity index (χ2v) is 7.82. The van der Waals surface area contributed by atoms with E-state index < -0.39 is 0 Å². The molecule has 0 saturated heterocycles. The maximum absolute atomic E-state index is 11.8. The van der Waals surface area contributed by atoms with Crippen molar-refractivity contribution < 1.29 is 4.79 Å². The van der Waals surface area contributed by atoms with E-state index in [0.29, 0.717) is 5.92 Å². The number of nitrogens with one attached hydrogen (secondary N) is 1. The van der Waals surface area contributed by atoms with Crippen molar-refractivity contribution in [1.29, 1.82) is 0 Å². The van der Waals surface area contributed by atoms with Crippen molar-refractivity contribution in [3.63, 3.8) is 0 Å². The van der Waals surface area contributed by atoms with E-state index in [4.69, 9.17) is 0 Å². The lowest BCUT2D eigenvalue weighted by molar-refractivity contribution is -0.119. The van der Waals surface area contributed by atoms with Gasteiger partial charge in [0.25, 0.3) is 0 Å². The number of carbonyl (C=O) groups excluding carboxylic acids is 1. The number of rotatable bonds is 2. The van der Waals surface area contributed by atoms with Crippen molar-refractivity contribution in [3.05, 3.63) is 95.6 Å². The van der Waals surface area contributed by atoms with Gasteiger partial charge in [-0.1, -0.05) is 72.8 Å². The summed E-state index contributed by atoms with van der Waals surface area (Å²) in [5.74, 6) is 0.391. The maximum Gasteiger partial charge on any atom is 0.217 e. The van der Waals surface area contributed by atoms with Crippen LogP contribution in [0.5, 0.6) is 0 Å². The molecule has 0 fully saturated rings. The number of fused-ring (bicyclic) bond motifs is 3. The van der Waals surface area contributed by atoms with Gasteiger partial charge in [-0.2, -0.15) is 0 Å². The van der Waals surface area contributed by atoms with Crippen LogP contribution in [0.25, 0.3) is 21.5 Å². The van der Waals surface area contributed by atoms with Crippen molar-refractivity contribution in [2.45, 2.75) is 31.7 Å². The molecule has 2 nitrogen and oxygen atoms in total. The Morgan fingerprint density at radius 2 is 1.36 bits per heavy atom. The monoisotopic (exact) mass is 365 g/mol. The van der Waals surface area contributed by atoms with Crippen LogP contribution in [0.15, 0.2) is 78.9 Å². The Morgan fingerprint density at radius 1 is 0.750 bits per heavy atom. The fourth-order valence-electron chi connectivity index (χ4n) is 4.69. The van der Waals surface area contributed by atoms with Gasteiger partial charge in [0.2, 0.25) is 5.91 Å². The Morgan fingerprint density at radius 3 is 2.04 bits per heavy atom. The molecule has 4 aromatic carbocycles. The smallest absolute Gasteiger partial charge is 0.217 e. The summed E-state index contributed by atoms with van der Waals surface area (Å²) in [5.41, 5.74) is 3.97. The highest BCUT2D eigenvalue weighted by Crippen LogP contribution is 2.43. The minimum Gasteiger partial charge on any atom is -0.350 e. The molecule has 1 aliphatic carbocycles. The first-order valence-corrected chi connectivity index (χ1v) is 9.97. The van der Waals surface area contributed by atoms with Crippen LogP contribution in [0.2, 0.25) is 0 Å². The van der Waals surface area contributed by atoms with Gasteiger partial charge in [0, 0.05) is 12.8 Å². The summed E-state index contributed by atoms with van der Waals surface area (Å²) in [5, 5.41) is 8.22. The molecule has 1 aliphatic rings. The fourth-order valence-corrected chi connectivity index (χ4v) is 4.69. The molecule has 28 heavy (non-hydrogen) atoms. The van der Waals surface area contributed by atoms with Gasteiger partial charge in [-0.3, -0.25) is 4.79 Å². The minimum atomic E-state index is 0.0354. The molecule has 5 rings (SSSR count). The van der Waals surface area contributed by atoms with E-state index in [1.54, 1.807) is 6.92 Å². The third kappa shape index (κ3) is 2.95. The lowest BCUT2D eigenvalue weighted by Gasteiger charge is -2.33. The molecule has 2 atom stereocenters. The van der Waals surface area contributed by atoms with E-state index >= 15 is 0 Å². The Balaban J connectivity index is 1.67. The minimum absolute atomic E-state index is 0.0354. The molecule has 0 saturated carbocycles. The van der Waals surface area contributed by atoms with E-state index in [9.17, 15) is 4.79 Å². The molecule has 0 unspecified atom stereocenters. The largest absolute Gasteiger partial charge is 0.350 e. The first kappa shape index (κ1) is 17.0. The van der Waals surface area contributed by atoms with Gasteiger partial charge in [0.05, 0.1) is 6.04 Å². The number of hydrogen-bond donors (Lipinski definition) is 1. The summed E-state index contributed by atoms with van der Waals surface area (Å²) in [6.45, 7) is 1.61. The van der Waals surface area contributed by atoms with Gasteiger partial charge in [-0.15, -0.1) is 0 Å². The van der Waals surface area contributed by atoms with E-state index in [1.165, 1.54) is 38.2 Å². The first-order chi connectivity index (χ1) is 13.7. The van der Waals surface area contributed by atoms with E-state index in [0.717, 1.165) is 12.8 Å². The molecule has 0 radical (unpaired) electrons. The van der Waals surface area contributed by atoms with Gasteiger partial charge in [-0.05, 0) is 57.1 Å². The van der Waals surface area contributed by atoms with Crippen molar-refractivity contribution in [2.24, 2.45) is 0 Å². The quantitative estimate of drug-likeness (QED) is 0.457. The van der Waals surface area contributed by atoms with Crippen molar-refractivity contribution >= 4 is 27.5 Å². The first-order valence-electron chi connectivity index (χ1n) is 9.97. The van der Waals surface area contributed by atoms with E-state index in [-0.39, 0.29) is 11.9 Å². The second kappa shape index (κ2) is 6.79. The summed E-state index contributed by atoms with van der Waals surface area (Å²) in [4.78, 5) is 11.8. The predicted molar refractivity (Wildman–Crippen MR) is 116 cm³/mol. The summed E-state index contributed by atoms with van der Waals surface area (Å²) < 4.78 is 0. The lowest BCUT2D eigenvalue weighted by Crippen LogP contribution is -2.30. The number of benzene rings is 4. The molecular weight excluding hydrogens is 342 g/mol. The van der Waals surface area contributed by atoms with E-state index in [2.05, 4.69) is 84.2 Å². The summed E-state index contributed by atoms with van der Waals surface area (Å²) in [7, 11) is 0. The molecule has 1 N–H and O–H groups in total. The van der Waals surface area contributed by atoms with Gasteiger partial charge in [0.1, 0.15) is 0 Å². The predicted octanol–water partition coefficient (Wildman–Crippen LogP) is 6.10. The SMILES string of the molecule is CC(=O)N[C@@H]1CC[C@H](c2ccc3ccccc3c2)c2cc3ccccc3cc21. The second-order valence-electron chi connectivity index (χ2n) is 7.82. The molecule has 0 bridgehead atoms. The van der Waals surface area contributed by atoms with Gasteiger partial charge < -0.3 is 5.32 Å². The van der Waals surface area contributed by atoms with Crippen molar-refractivity contribution in [3.8, 4) is 0 Å². The van der Waals surface area contributed by atoms with Gasteiger partial charge in [-0.25, -0.2) is 0 Å². The van der Waals surface area contributed by atoms with Crippen LogP contribution in [-0.4, -0.2) is 5.91 Å². The summed E-state index contributed by atoms with van der Waals surface area (Å²) >= 11 is 0. The molecule has 2 heteroatoms. The molecule has 0 aliphatic heterocycles. The number of amides is 1. The standard InChI is InChI=1S/C26H23NO/c1-17(28)27-26-13-12-23(22-11-10-18-6-2-3-7-19(18)14-22)24-15-20-8-4-5-9-21(20)16-25(24)26/h2-11,14-16,23,26H,12-13H2,1H3,(H,27,28)/t23-,26-/m1/s1. The molecule has 0 aromatic heterocycles. The Bertz CT molecular complexity index is 1190. The Hall–Kier alpha value is -3.13. The van der Waals surface area contributed by atoms with E-state index in [1.807, 2.05) is 0 Å². The Labute approximate surface area is 165 Å². The van der Waals surface area contributed by atoms with Crippen LogP contribution >= 0.6 is 0 Å². The lowest BCUT2D eigenvalue weighted by atomic mass is 9.75. The molecule has 138 valence electrons.